The first-order valence-corrected chi connectivity index (χ1v) is 5.94. The second kappa shape index (κ2) is 4.19. The third kappa shape index (κ3) is 1.65. The molecule has 0 heterocycles. The lowest BCUT2D eigenvalue weighted by molar-refractivity contribution is 0.414. The van der Waals surface area contributed by atoms with Crippen molar-refractivity contribution >= 4 is 17.7 Å². The van der Waals surface area contributed by atoms with Crippen LogP contribution in [-0.4, -0.2) is 7.11 Å². The number of ether oxygens (including phenoxy) is 1. The van der Waals surface area contributed by atoms with Crippen molar-refractivity contribution in [3.63, 3.8) is 0 Å². The summed E-state index contributed by atoms with van der Waals surface area (Å²) in [5, 5.41) is 0. The molecule has 0 saturated heterocycles. The fourth-order valence-electron chi connectivity index (χ4n) is 2.32. The minimum Gasteiger partial charge on any atom is -0.497 e. The van der Waals surface area contributed by atoms with Gasteiger partial charge in [0.2, 0.25) is 0 Å². The summed E-state index contributed by atoms with van der Waals surface area (Å²) in [4.78, 5) is 0. The summed E-state index contributed by atoms with van der Waals surface area (Å²) in [6, 6.07) is 14.4. The zero-order valence-electron chi connectivity index (χ0n) is 10.3. The molecule has 0 radical (unpaired) electrons. The van der Waals surface area contributed by atoms with Gasteiger partial charge in [0.25, 0.3) is 0 Å². The maximum absolute atomic E-state index is 5.27. The molecule has 0 saturated carbocycles. The lowest BCUT2D eigenvalue weighted by Crippen LogP contribution is -1.91. The minimum atomic E-state index is 0.872. The highest BCUT2D eigenvalue weighted by atomic mass is 16.5. The zero-order valence-corrected chi connectivity index (χ0v) is 10.3. The second-order valence-electron chi connectivity index (χ2n) is 4.35. The summed E-state index contributed by atoms with van der Waals surface area (Å²) in [6.45, 7) is 4.23. The Morgan fingerprint density at radius 2 is 1.61 bits per heavy atom. The van der Waals surface area contributed by atoms with E-state index in [1.807, 2.05) is 24.3 Å². The van der Waals surface area contributed by atoms with Crippen molar-refractivity contribution in [1.82, 2.24) is 0 Å². The van der Waals surface area contributed by atoms with Gasteiger partial charge in [-0.25, -0.2) is 0 Å². The molecular formula is C17H14O. The molecule has 0 spiro atoms. The van der Waals surface area contributed by atoms with E-state index in [0.29, 0.717) is 0 Å². The maximum Gasteiger partial charge on any atom is 0.119 e. The lowest BCUT2D eigenvalue weighted by Gasteiger charge is -2.10. The van der Waals surface area contributed by atoms with Crippen molar-refractivity contribution in [3.05, 3.63) is 71.3 Å². The molecule has 2 aromatic carbocycles. The van der Waals surface area contributed by atoms with Gasteiger partial charge in [-0.05, 0) is 40.0 Å². The van der Waals surface area contributed by atoms with E-state index in [0.717, 1.165) is 22.4 Å². The molecule has 0 fully saturated rings. The van der Waals surface area contributed by atoms with Crippen molar-refractivity contribution in [2.24, 2.45) is 0 Å². The zero-order chi connectivity index (χ0) is 12.5. The number of rotatable bonds is 1. The first kappa shape index (κ1) is 10.8. The van der Waals surface area contributed by atoms with Crippen LogP contribution in [-0.2, 0) is 0 Å². The minimum absolute atomic E-state index is 0.872. The number of fused-ring (bicyclic) bond motifs is 2. The predicted octanol–water partition coefficient (Wildman–Crippen LogP) is 4.24. The summed E-state index contributed by atoms with van der Waals surface area (Å²) in [6.07, 6.45) is 4.25. The Labute approximate surface area is 107 Å². The maximum atomic E-state index is 5.27. The lowest BCUT2D eigenvalue weighted by atomic mass is 9.95. The van der Waals surface area contributed by atoms with Gasteiger partial charge in [-0.15, -0.1) is 0 Å². The monoisotopic (exact) mass is 234 g/mol. The normalized spacial score (nSPS) is 12.6. The van der Waals surface area contributed by atoms with Gasteiger partial charge in [-0.2, -0.15) is 0 Å². The summed E-state index contributed by atoms with van der Waals surface area (Å²) in [5.74, 6) is 0.872. The number of hydrogen-bond acceptors (Lipinski definition) is 1. The van der Waals surface area contributed by atoms with Crippen LogP contribution in [0, 0.1) is 0 Å². The molecule has 0 unspecified atom stereocenters. The Balaban J connectivity index is 2.22. The fourth-order valence-corrected chi connectivity index (χ4v) is 2.32. The SMILES string of the molecule is C=C1c2ccccc2C=Cc2cc(OC)ccc21. The second-order valence-corrected chi connectivity index (χ2v) is 4.35. The van der Waals surface area contributed by atoms with E-state index in [2.05, 4.69) is 36.9 Å². The molecule has 0 aromatic heterocycles. The van der Waals surface area contributed by atoms with Gasteiger partial charge in [-0.1, -0.05) is 49.1 Å². The first-order chi connectivity index (χ1) is 8.79. The number of benzene rings is 2. The molecule has 1 aliphatic carbocycles. The van der Waals surface area contributed by atoms with Gasteiger partial charge >= 0.3 is 0 Å². The van der Waals surface area contributed by atoms with Crippen LogP contribution < -0.4 is 4.74 Å². The topological polar surface area (TPSA) is 9.23 Å². The smallest absolute Gasteiger partial charge is 0.119 e. The van der Waals surface area contributed by atoms with Crippen LogP contribution in [0.25, 0.3) is 17.7 Å². The molecule has 0 amide bonds. The molecule has 0 N–H and O–H groups in total. The quantitative estimate of drug-likeness (QED) is 0.612. The van der Waals surface area contributed by atoms with Crippen molar-refractivity contribution in [2.45, 2.75) is 0 Å². The summed E-state index contributed by atoms with van der Waals surface area (Å²) < 4.78 is 5.27. The Bertz CT molecular complexity index is 650. The third-order valence-electron chi connectivity index (χ3n) is 3.31. The van der Waals surface area contributed by atoms with Crippen molar-refractivity contribution in [2.75, 3.05) is 7.11 Å². The Hall–Kier alpha value is -2.28. The summed E-state index contributed by atoms with van der Waals surface area (Å²) in [5.41, 5.74) is 5.77. The molecule has 88 valence electrons. The predicted molar refractivity (Wildman–Crippen MR) is 76.5 cm³/mol. The van der Waals surface area contributed by atoms with Gasteiger partial charge in [0.15, 0.2) is 0 Å². The van der Waals surface area contributed by atoms with E-state index in [1.165, 1.54) is 11.1 Å². The van der Waals surface area contributed by atoms with Crippen LogP contribution in [0.1, 0.15) is 22.3 Å². The van der Waals surface area contributed by atoms with Gasteiger partial charge in [-0.3, -0.25) is 0 Å². The van der Waals surface area contributed by atoms with E-state index < -0.39 is 0 Å². The Kier molecular flexibility index (Phi) is 2.52. The van der Waals surface area contributed by atoms with E-state index in [4.69, 9.17) is 4.74 Å². The van der Waals surface area contributed by atoms with E-state index >= 15 is 0 Å². The average Bonchev–Trinajstić information content (AvgIpc) is 2.57. The highest BCUT2D eigenvalue weighted by Gasteiger charge is 2.13. The molecular weight excluding hydrogens is 220 g/mol. The van der Waals surface area contributed by atoms with Gasteiger partial charge in [0.1, 0.15) is 5.75 Å². The van der Waals surface area contributed by atoms with Crippen LogP contribution >= 0.6 is 0 Å². The van der Waals surface area contributed by atoms with Crippen LogP contribution in [0.15, 0.2) is 49.0 Å². The number of methoxy groups -OCH3 is 1. The van der Waals surface area contributed by atoms with E-state index in [1.54, 1.807) is 7.11 Å². The molecule has 1 nitrogen and oxygen atoms in total. The third-order valence-corrected chi connectivity index (χ3v) is 3.31. The Morgan fingerprint density at radius 1 is 0.889 bits per heavy atom. The standard InChI is InChI=1S/C17H14O/c1-12-16-6-4-3-5-13(16)7-8-14-11-15(18-2)9-10-17(12)14/h3-11H,1H2,2H3. The first-order valence-electron chi connectivity index (χ1n) is 5.94. The highest BCUT2D eigenvalue weighted by Crippen LogP contribution is 2.33. The molecule has 3 rings (SSSR count). The van der Waals surface area contributed by atoms with Gasteiger partial charge < -0.3 is 4.74 Å². The molecule has 1 heteroatoms. The van der Waals surface area contributed by atoms with Crippen LogP contribution in [0.5, 0.6) is 5.75 Å². The van der Waals surface area contributed by atoms with Gasteiger partial charge in [0.05, 0.1) is 7.11 Å². The summed E-state index contributed by atoms with van der Waals surface area (Å²) in [7, 11) is 1.69. The molecule has 2 aromatic rings. The van der Waals surface area contributed by atoms with Crippen molar-refractivity contribution in [3.8, 4) is 5.75 Å². The molecule has 0 bridgehead atoms. The molecule has 0 atom stereocenters. The number of hydrogen-bond donors (Lipinski definition) is 0. The van der Waals surface area contributed by atoms with Gasteiger partial charge in [0, 0.05) is 0 Å². The fraction of sp³-hybridized carbons (Fsp3) is 0.0588. The summed E-state index contributed by atoms with van der Waals surface area (Å²) >= 11 is 0. The van der Waals surface area contributed by atoms with Crippen molar-refractivity contribution < 1.29 is 4.74 Å². The van der Waals surface area contributed by atoms with E-state index in [9.17, 15) is 0 Å². The molecule has 1 aliphatic rings. The molecule has 0 aliphatic heterocycles. The van der Waals surface area contributed by atoms with Crippen LogP contribution in [0.2, 0.25) is 0 Å². The van der Waals surface area contributed by atoms with Crippen LogP contribution in [0.4, 0.5) is 0 Å². The average molecular weight is 234 g/mol. The molecule has 18 heavy (non-hydrogen) atoms. The highest BCUT2D eigenvalue weighted by molar-refractivity contribution is 5.93. The van der Waals surface area contributed by atoms with Crippen LogP contribution in [0.3, 0.4) is 0 Å². The van der Waals surface area contributed by atoms with E-state index in [-0.39, 0.29) is 0 Å². The largest absolute Gasteiger partial charge is 0.497 e. The Morgan fingerprint density at radius 3 is 2.44 bits per heavy atom. The van der Waals surface area contributed by atoms with Crippen molar-refractivity contribution in [1.29, 1.82) is 0 Å².